The van der Waals surface area contributed by atoms with E-state index in [2.05, 4.69) is 10.1 Å². The zero-order valence-electron chi connectivity index (χ0n) is 13.9. The molecule has 5 nitrogen and oxygen atoms in total. The van der Waals surface area contributed by atoms with E-state index in [1.807, 2.05) is 0 Å². The van der Waals surface area contributed by atoms with Crippen LogP contribution in [0.1, 0.15) is 23.5 Å². The number of esters is 1. The summed E-state index contributed by atoms with van der Waals surface area (Å²) in [4.78, 5) is 12.3. The fourth-order valence-electron chi connectivity index (χ4n) is 3.34. The lowest BCUT2D eigenvalue weighted by Gasteiger charge is -2.31. The van der Waals surface area contributed by atoms with Crippen molar-refractivity contribution < 1.29 is 41.3 Å². The van der Waals surface area contributed by atoms with Gasteiger partial charge in [0.15, 0.2) is 6.29 Å². The zero-order valence-corrected chi connectivity index (χ0v) is 13.9. The fourth-order valence-corrected chi connectivity index (χ4v) is 3.34. The Morgan fingerprint density at radius 2 is 2.11 bits per heavy atom. The highest BCUT2D eigenvalue weighted by atomic mass is 19.3. The van der Waals surface area contributed by atoms with Crippen LogP contribution >= 0.6 is 0 Å². The number of halogens is 5. The minimum absolute atomic E-state index is 0.112. The number of aliphatic hydroxyl groups is 1. The van der Waals surface area contributed by atoms with Gasteiger partial charge in [-0.05, 0) is 11.6 Å². The number of methoxy groups -OCH3 is 1. The summed E-state index contributed by atoms with van der Waals surface area (Å²) in [6, 6.07) is 0.898. The number of carbonyl (C=O) groups excluding carboxylic acids is 1. The Morgan fingerprint density at radius 1 is 1.41 bits per heavy atom. The highest BCUT2D eigenvalue weighted by Crippen LogP contribution is 2.46. The summed E-state index contributed by atoms with van der Waals surface area (Å²) in [6.45, 7) is -1.44. The molecule has 0 amide bonds. The first-order chi connectivity index (χ1) is 12.8. The first kappa shape index (κ1) is 19.3. The van der Waals surface area contributed by atoms with Gasteiger partial charge in [0.05, 0.1) is 30.6 Å². The molecule has 146 valence electrons. The molecule has 0 saturated carbocycles. The molecule has 0 fully saturated rings. The second-order valence-electron chi connectivity index (χ2n) is 5.86. The van der Waals surface area contributed by atoms with Crippen LogP contribution in [-0.2, 0) is 14.3 Å². The third-order valence-electron chi connectivity index (χ3n) is 4.42. The molecule has 10 heteroatoms. The van der Waals surface area contributed by atoms with Crippen molar-refractivity contribution >= 4 is 5.97 Å². The van der Waals surface area contributed by atoms with E-state index in [1.165, 1.54) is 0 Å². The SMILES string of the molecule is COC(=O)C1=C(CF)NC2=C(C(O)OC2)[C@H]1c1cc(F)cc(F)c1C(F)F. The smallest absolute Gasteiger partial charge is 0.336 e. The van der Waals surface area contributed by atoms with Crippen molar-refractivity contribution in [3.63, 3.8) is 0 Å². The quantitative estimate of drug-likeness (QED) is 0.610. The van der Waals surface area contributed by atoms with Crippen molar-refractivity contribution in [1.29, 1.82) is 0 Å². The number of aliphatic hydroxyl groups excluding tert-OH is 1. The summed E-state index contributed by atoms with van der Waals surface area (Å²) in [7, 11) is 0.980. The highest BCUT2D eigenvalue weighted by Gasteiger charge is 2.44. The maximum Gasteiger partial charge on any atom is 0.336 e. The number of hydrogen-bond donors (Lipinski definition) is 2. The van der Waals surface area contributed by atoms with E-state index >= 15 is 0 Å². The van der Waals surface area contributed by atoms with Crippen LogP contribution in [0.25, 0.3) is 0 Å². The van der Waals surface area contributed by atoms with Gasteiger partial charge in [-0.25, -0.2) is 26.7 Å². The number of allylic oxidation sites excluding steroid dienone is 1. The molecule has 27 heavy (non-hydrogen) atoms. The summed E-state index contributed by atoms with van der Waals surface area (Å²) in [5.41, 5.74) is -2.57. The number of nitrogens with one attached hydrogen (secondary N) is 1. The molecule has 1 aromatic rings. The maximum absolute atomic E-state index is 14.1. The summed E-state index contributed by atoms with van der Waals surface area (Å²) in [6.07, 6.45) is -5.00. The van der Waals surface area contributed by atoms with E-state index in [9.17, 15) is 31.9 Å². The topological polar surface area (TPSA) is 67.8 Å². The number of ether oxygens (including phenoxy) is 2. The average molecular weight is 391 g/mol. The Morgan fingerprint density at radius 3 is 2.70 bits per heavy atom. The van der Waals surface area contributed by atoms with Crippen LogP contribution < -0.4 is 5.32 Å². The zero-order chi connectivity index (χ0) is 19.9. The Balaban J connectivity index is 2.33. The van der Waals surface area contributed by atoms with Crippen LogP contribution in [0.4, 0.5) is 22.0 Å². The Hall–Kier alpha value is -2.46. The monoisotopic (exact) mass is 391 g/mol. The number of alkyl halides is 3. The van der Waals surface area contributed by atoms with Crippen LogP contribution in [0.3, 0.4) is 0 Å². The molecule has 0 spiro atoms. The number of rotatable bonds is 4. The van der Waals surface area contributed by atoms with Crippen LogP contribution in [-0.4, -0.2) is 37.8 Å². The Kier molecular flexibility index (Phi) is 5.20. The van der Waals surface area contributed by atoms with E-state index in [4.69, 9.17) is 4.74 Å². The van der Waals surface area contributed by atoms with Crippen LogP contribution in [0.2, 0.25) is 0 Å². The predicted octanol–water partition coefficient (Wildman–Crippen LogP) is 2.59. The predicted molar refractivity (Wildman–Crippen MR) is 81.2 cm³/mol. The fraction of sp³-hybridized carbons (Fsp3) is 0.353. The molecule has 0 saturated heterocycles. The largest absolute Gasteiger partial charge is 0.466 e. The lowest BCUT2D eigenvalue weighted by molar-refractivity contribution is -0.136. The third kappa shape index (κ3) is 3.19. The molecule has 1 unspecified atom stereocenters. The van der Waals surface area contributed by atoms with E-state index in [0.717, 1.165) is 7.11 Å². The molecular formula is C17H14F5NO4. The second-order valence-corrected chi connectivity index (χ2v) is 5.86. The average Bonchev–Trinajstić information content (AvgIpc) is 2.99. The van der Waals surface area contributed by atoms with E-state index < -0.39 is 59.6 Å². The summed E-state index contributed by atoms with van der Waals surface area (Å²) < 4.78 is 78.1. The van der Waals surface area contributed by atoms with Gasteiger partial charge < -0.3 is 19.9 Å². The standard InChI is InChI=1S/C17H14F5NO4/c1-26-16(24)13-9(4-18)23-10-5-27-17(25)14(10)12(13)7-2-6(19)3-8(20)11(7)15(21)22/h2-3,12,15,17,23,25H,4-5H2,1H3/t12-,17?/m0/s1. The van der Waals surface area contributed by atoms with Crippen LogP contribution in [0, 0.1) is 11.6 Å². The van der Waals surface area contributed by atoms with Gasteiger partial charge in [-0.2, -0.15) is 0 Å². The molecule has 2 heterocycles. The van der Waals surface area contributed by atoms with Gasteiger partial charge in [-0.3, -0.25) is 0 Å². The minimum Gasteiger partial charge on any atom is -0.466 e. The molecule has 0 aromatic heterocycles. The van der Waals surface area contributed by atoms with Gasteiger partial charge in [0.25, 0.3) is 6.43 Å². The lowest BCUT2D eigenvalue weighted by atomic mass is 9.78. The highest BCUT2D eigenvalue weighted by molar-refractivity contribution is 5.93. The van der Waals surface area contributed by atoms with Crippen molar-refractivity contribution in [3.05, 3.63) is 57.4 Å². The van der Waals surface area contributed by atoms with Crippen LogP contribution in [0.5, 0.6) is 0 Å². The summed E-state index contributed by atoms with van der Waals surface area (Å²) in [5, 5.41) is 12.7. The number of benzene rings is 1. The van der Waals surface area contributed by atoms with Gasteiger partial charge in [-0.15, -0.1) is 0 Å². The molecular weight excluding hydrogens is 377 g/mol. The molecule has 2 atom stereocenters. The second kappa shape index (κ2) is 7.28. The van der Waals surface area contributed by atoms with Gasteiger partial charge in [0, 0.05) is 23.3 Å². The molecule has 2 aliphatic heterocycles. The Labute approximate surface area is 150 Å². The first-order valence-electron chi connectivity index (χ1n) is 7.74. The third-order valence-corrected chi connectivity index (χ3v) is 4.42. The van der Waals surface area contributed by atoms with Gasteiger partial charge in [0.2, 0.25) is 0 Å². The van der Waals surface area contributed by atoms with Crippen LogP contribution in [0.15, 0.2) is 34.7 Å². The Bertz CT molecular complexity index is 852. The van der Waals surface area contributed by atoms with E-state index in [0.29, 0.717) is 6.07 Å². The number of carbonyl (C=O) groups is 1. The molecule has 0 aliphatic carbocycles. The van der Waals surface area contributed by atoms with Crippen molar-refractivity contribution in [2.24, 2.45) is 0 Å². The van der Waals surface area contributed by atoms with Crippen molar-refractivity contribution in [3.8, 4) is 0 Å². The normalized spacial score (nSPS) is 22.2. The molecule has 3 rings (SSSR count). The summed E-state index contributed by atoms with van der Waals surface area (Å²) >= 11 is 0. The first-order valence-corrected chi connectivity index (χ1v) is 7.74. The van der Waals surface area contributed by atoms with Gasteiger partial charge in [0.1, 0.15) is 18.3 Å². The molecule has 1 aromatic carbocycles. The molecule has 2 N–H and O–H groups in total. The lowest BCUT2D eigenvalue weighted by Crippen LogP contribution is -2.33. The summed E-state index contributed by atoms with van der Waals surface area (Å²) in [5.74, 6) is -5.38. The van der Waals surface area contributed by atoms with Crippen molar-refractivity contribution in [2.75, 3.05) is 20.4 Å². The number of hydrogen-bond acceptors (Lipinski definition) is 5. The minimum atomic E-state index is -3.35. The maximum atomic E-state index is 14.1. The van der Waals surface area contributed by atoms with Crippen molar-refractivity contribution in [1.82, 2.24) is 5.32 Å². The van der Waals surface area contributed by atoms with E-state index in [1.54, 1.807) is 0 Å². The van der Waals surface area contributed by atoms with E-state index in [-0.39, 0.29) is 29.6 Å². The number of dihydropyridines is 1. The van der Waals surface area contributed by atoms with Gasteiger partial charge >= 0.3 is 5.97 Å². The molecule has 0 bridgehead atoms. The molecule has 2 aliphatic rings. The van der Waals surface area contributed by atoms with Crippen molar-refractivity contribution in [2.45, 2.75) is 18.6 Å². The molecule has 0 radical (unpaired) electrons. The van der Waals surface area contributed by atoms with Gasteiger partial charge in [-0.1, -0.05) is 0 Å².